The Morgan fingerprint density at radius 1 is 0.885 bits per heavy atom. The second kappa shape index (κ2) is 6.09. The second-order valence-electron chi connectivity index (χ2n) is 7.53. The molecule has 5 heteroatoms. The topological polar surface area (TPSA) is 47.9 Å². The number of likely N-dealkylation sites (N-methyl/N-ethyl adjacent to an activating group) is 1. The number of ether oxygens (including phenoxy) is 3. The number of nitrogens with zero attached hydrogens (tertiary/aromatic N) is 1. The molecule has 5 nitrogen and oxygen atoms in total. The molecule has 0 saturated heterocycles. The summed E-state index contributed by atoms with van der Waals surface area (Å²) in [6.45, 7) is 1.98. The molecule has 0 aliphatic carbocycles. The number of phenols is 1. The summed E-state index contributed by atoms with van der Waals surface area (Å²) < 4.78 is 17.3. The predicted octanol–water partition coefficient (Wildman–Crippen LogP) is 3.22. The van der Waals surface area contributed by atoms with Gasteiger partial charge in [0.1, 0.15) is 12.6 Å². The van der Waals surface area contributed by atoms with Crippen molar-refractivity contribution >= 4 is 0 Å². The quantitative estimate of drug-likeness (QED) is 0.858. The van der Waals surface area contributed by atoms with Crippen molar-refractivity contribution < 1.29 is 23.8 Å². The van der Waals surface area contributed by atoms with Gasteiger partial charge in [-0.25, -0.2) is 0 Å². The lowest BCUT2D eigenvalue weighted by Gasteiger charge is -2.49. The lowest BCUT2D eigenvalue weighted by molar-refractivity contribution is -0.956. The van der Waals surface area contributed by atoms with E-state index in [9.17, 15) is 5.11 Å². The van der Waals surface area contributed by atoms with Gasteiger partial charge < -0.3 is 23.8 Å². The highest BCUT2D eigenvalue weighted by atomic mass is 16.5. The van der Waals surface area contributed by atoms with E-state index < -0.39 is 0 Å². The van der Waals surface area contributed by atoms with Gasteiger partial charge >= 0.3 is 0 Å². The highest BCUT2D eigenvalue weighted by Gasteiger charge is 2.43. The normalized spacial score (nSPS) is 23.5. The van der Waals surface area contributed by atoms with Gasteiger partial charge in [0.05, 0.1) is 34.9 Å². The SMILES string of the molecule is COc1cc2c(cc1O)C[N+]1(C)CCc3cc(OC)c(OC)cc3[C@@H]1C2. The van der Waals surface area contributed by atoms with Crippen molar-refractivity contribution in [3.05, 3.63) is 46.5 Å². The Labute approximate surface area is 154 Å². The number of benzene rings is 2. The highest BCUT2D eigenvalue weighted by Crippen LogP contribution is 2.47. The molecule has 26 heavy (non-hydrogen) atoms. The number of hydrogen-bond acceptors (Lipinski definition) is 4. The zero-order chi connectivity index (χ0) is 18.5. The third kappa shape index (κ3) is 2.50. The third-order valence-electron chi connectivity index (χ3n) is 6.09. The van der Waals surface area contributed by atoms with E-state index in [1.807, 2.05) is 12.1 Å². The first kappa shape index (κ1) is 17.0. The van der Waals surface area contributed by atoms with E-state index in [0.29, 0.717) is 11.8 Å². The molecule has 4 rings (SSSR count). The molecule has 0 spiro atoms. The van der Waals surface area contributed by atoms with Gasteiger partial charge in [0.25, 0.3) is 0 Å². The summed E-state index contributed by atoms with van der Waals surface area (Å²) in [4.78, 5) is 0. The number of hydrogen-bond donors (Lipinski definition) is 1. The van der Waals surface area contributed by atoms with Crippen molar-refractivity contribution in [2.45, 2.75) is 25.4 Å². The number of phenolic OH excluding ortho intramolecular Hbond substituents is 1. The lowest BCUT2D eigenvalue weighted by Crippen LogP contribution is -2.53. The molecule has 2 aromatic carbocycles. The van der Waals surface area contributed by atoms with Crippen LogP contribution in [0.3, 0.4) is 0 Å². The van der Waals surface area contributed by atoms with Crippen molar-refractivity contribution in [1.29, 1.82) is 0 Å². The molecule has 2 aliphatic heterocycles. The second-order valence-corrected chi connectivity index (χ2v) is 7.53. The molecule has 1 N–H and O–H groups in total. The first-order valence-electron chi connectivity index (χ1n) is 8.97. The van der Waals surface area contributed by atoms with E-state index in [-0.39, 0.29) is 5.75 Å². The Morgan fingerprint density at radius 2 is 1.54 bits per heavy atom. The van der Waals surface area contributed by atoms with E-state index in [2.05, 4.69) is 19.2 Å². The number of quaternary nitrogens is 1. The van der Waals surface area contributed by atoms with Crippen LogP contribution in [-0.2, 0) is 19.4 Å². The molecule has 2 aromatic rings. The molecular formula is C21H26NO4+. The number of rotatable bonds is 3. The fourth-order valence-electron chi connectivity index (χ4n) is 4.60. The largest absolute Gasteiger partial charge is 0.504 e. The molecule has 0 radical (unpaired) electrons. The van der Waals surface area contributed by atoms with Gasteiger partial charge in [-0.15, -0.1) is 0 Å². The fraction of sp³-hybridized carbons (Fsp3) is 0.429. The van der Waals surface area contributed by atoms with E-state index in [1.54, 1.807) is 21.3 Å². The summed E-state index contributed by atoms with van der Waals surface area (Å²) in [6, 6.07) is 8.50. The summed E-state index contributed by atoms with van der Waals surface area (Å²) >= 11 is 0. The molecule has 0 amide bonds. The Balaban J connectivity index is 1.81. The minimum absolute atomic E-state index is 0.222. The van der Waals surface area contributed by atoms with Gasteiger partial charge in [0.15, 0.2) is 23.0 Å². The van der Waals surface area contributed by atoms with Crippen LogP contribution in [0.25, 0.3) is 0 Å². The Kier molecular flexibility index (Phi) is 3.99. The van der Waals surface area contributed by atoms with Gasteiger partial charge in [-0.2, -0.15) is 0 Å². The van der Waals surface area contributed by atoms with Crippen molar-refractivity contribution in [2.24, 2.45) is 0 Å². The molecule has 2 atom stereocenters. The molecular weight excluding hydrogens is 330 g/mol. The van der Waals surface area contributed by atoms with E-state index in [4.69, 9.17) is 14.2 Å². The smallest absolute Gasteiger partial charge is 0.161 e. The van der Waals surface area contributed by atoms with Crippen LogP contribution in [0.1, 0.15) is 28.3 Å². The number of methoxy groups -OCH3 is 3. The van der Waals surface area contributed by atoms with Crippen LogP contribution < -0.4 is 14.2 Å². The highest BCUT2D eigenvalue weighted by molar-refractivity contribution is 5.51. The summed E-state index contributed by atoms with van der Waals surface area (Å²) in [5.74, 6) is 2.35. The van der Waals surface area contributed by atoms with Crippen LogP contribution >= 0.6 is 0 Å². The van der Waals surface area contributed by atoms with Crippen molar-refractivity contribution in [3.63, 3.8) is 0 Å². The maximum atomic E-state index is 10.2. The first-order chi connectivity index (χ1) is 12.5. The predicted molar refractivity (Wildman–Crippen MR) is 99.1 cm³/mol. The van der Waals surface area contributed by atoms with Crippen LogP contribution in [0.4, 0.5) is 0 Å². The van der Waals surface area contributed by atoms with Crippen molar-refractivity contribution in [1.82, 2.24) is 0 Å². The summed E-state index contributed by atoms with van der Waals surface area (Å²) in [5.41, 5.74) is 5.15. The molecule has 0 saturated carbocycles. The van der Waals surface area contributed by atoms with E-state index in [1.165, 1.54) is 22.3 Å². The Morgan fingerprint density at radius 3 is 2.23 bits per heavy atom. The summed E-state index contributed by atoms with van der Waals surface area (Å²) in [7, 11) is 7.28. The summed E-state index contributed by atoms with van der Waals surface area (Å²) in [6.07, 6.45) is 1.94. The minimum atomic E-state index is 0.222. The van der Waals surface area contributed by atoms with Gasteiger partial charge in [-0.3, -0.25) is 0 Å². The number of aromatic hydroxyl groups is 1. The van der Waals surface area contributed by atoms with Crippen LogP contribution in [0.5, 0.6) is 23.0 Å². The first-order valence-corrected chi connectivity index (χ1v) is 8.97. The van der Waals surface area contributed by atoms with Crippen LogP contribution in [0, 0.1) is 0 Å². The molecule has 1 unspecified atom stereocenters. The van der Waals surface area contributed by atoms with Crippen LogP contribution in [-0.4, -0.2) is 44.5 Å². The van der Waals surface area contributed by atoms with E-state index >= 15 is 0 Å². The zero-order valence-corrected chi connectivity index (χ0v) is 15.8. The molecule has 138 valence electrons. The average molecular weight is 356 g/mol. The standard InChI is InChI=1S/C21H25NO4/c1-22-6-5-13-9-20(25-3)21(26-4)11-16(13)17(22)7-14-10-19(24-2)18(23)8-15(14)12-22/h8-11,17H,5-7,12H2,1-4H3/p+1/t17-,22?/m0/s1. The monoisotopic (exact) mass is 356 g/mol. The Hall–Kier alpha value is -2.40. The molecule has 2 aliphatic rings. The van der Waals surface area contributed by atoms with Crippen molar-refractivity contribution in [2.75, 3.05) is 34.9 Å². The van der Waals surface area contributed by atoms with Crippen molar-refractivity contribution in [3.8, 4) is 23.0 Å². The fourth-order valence-corrected chi connectivity index (χ4v) is 4.60. The maximum absolute atomic E-state index is 10.2. The Bertz CT molecular complexity index is 864. The van der Waals surface area contributed by atoms with E-state index in [0.717, 1.165) is 41.9 Å². The average Bonchev–Trinajstić information content (AvgIpc) is 2.64. The summed E-state index contributed by atoms with van der Waals surface area (Å²) in [5, 5.41) is 10.2. The van der Waals surface area contributed by atoms with Crippen LogP contribution in [0.2, 0.25) is 0 Å². The van der Waals surface area contributed by atoms with Gasteiger partial charge in [0, 0.05) is 24.0 Å². The van der Waals surface area contributed by atoms with Gasteiger partial charge in [0.2, 0.25) is 0 Å². The number of fused-ring (bicyclic) bond motifs is 4. The molecule has 0 aromatic heterocycles. The third-order valence-corrected chi connectivity index (χ3v) is 6.09. The zero-order valence-electron chi connectivity index (χ0n) is 15.8. The van der Waals surface area contributed by atoms with Crippen LogP contribution in [0.15, 0.2) is 24.3 Å². The maximum Gasteiger partial charge on any atom is 0.161 e. The molecule has 0 fully saturated rings. The molecule has 0 bridgehead atoms. The van der Waals surface area contributed by atoms with Gasteiger partial charge in [-0.1, -0.05) is 0 Å². The minimum Gasteiger partial charge on any atom is -0.504 e. The molecule has 2 heterocycles. The van der Waals surface area contributed by atoms with Gasteiger partial charge in [-0.05, 0) is 35.4 Å². The lowest BCUT2D eigenvalue weighted by atomic mass is 9.81.